The van der Waals surface area contributed by atoms with Crippen molar-refractivity contribution in [3.8, 4) is 11.4 Å². The van der Waals surface area contributed by atoms with Gasteiger partial charge in [0.25, 0.3) is 0 Å². The van der Waals surface area contributed by atoms with E-state index in [1.165, 1.54) is 12.8 Å². The lowest BCUT2D eigenvalue weighted by atomic mass is 10.2. The first kappa shape index (κ1) is 19.8. The van der Waals surface area contributed by atoms with E-state index in [9.17, 15) is 0 Å². The summed E-state index contributed by atoms with van der Waals surface area (Å²) in [6, 6.07) is 7.39. The summed E-state index contributed by atoms with van der Waals surface area (Å²) in [6.07, 6.45) is 4.82. The van der Waals surface area contributed by atoms with E-state index in [0.717, 1.165) is 55.8 Å². The molecule has 2 aromatic heterocycles. The van der Waals surface area contributed by atoms with Gasteiger partial charge in [0.2, 0.25) is 17.7 Å². The van der Waals surface area contributed by atoms with Crippen LogP contribution in [-0.2, 0) is 17.0 Å². The Bertz CT molecular complexity index is 980. The van der Waals surface area contributed by atoms with Gasteiger partial charge >= 0.3 is 0 Å². The molecule has 0 spiro atoms. The maximum Gasteiger partial charge on any atom is 0.237 e. The Kier molecular flexibility index (Phi) is 5.92. The molecule has 2 aliphatic rings. The van der Waals surface area contributed by atoms with Crippen LogP contribution < -0.4 is 4.90 Å². The topological polar surface area (TPSA) is 82.1 Å². The van der Waals surface area contributed by atoms with Gasteiger partial charge in [0.05, 0.1) is 18.4 Å². The first-order valence-corrected chi connectivity index (χ1v) is 11.6. The summed E-state index contributed by atoms with van der Waals surface area (Å²) in [5.41, 5.74) is 0.872. The van der Waals surface area contributed by atoms with Gasteiger partial charge in [-0.15, -0.1) is 10.2 Å². The van der Waals surface area contributed by atoms with E-state index in [1.807, 2.05) is 24.3 Å². The predicted molar refractivity (Wildman–Crippen MR) is 115 cm³/mol. The zero-order valence-corrected chi connectivity index (χ0v) is 18.1. The van der Waals surface area contributed by atoms with Gasteiger partial charge in [0.1, 0.15) is 0 Å². The molecule has 8 nitrogen and oxygen atoms in total. The molecule has 0 radical (unpaired) electrons. The van der Waals surface area contributed by atoms with Gasteiger partial charge in [-0.3, -0.25) is 4.57 Å². The van der Waals surface area contributed by atoms with Gasteiger partial charge in [-0.05, 0) is 49.9 Å². The second-order valence-electron chi connectivity index (χ2n) is 7.53. The minimum absolute atomic E-state index is 0.224. The molecule has 0 aliphatic carbocycles. The Labute approximate surface area is 183 Å². The third-order valence-electron chi connectivity index (χ3n) is 5.39. The Morgan fingerprint density at radius 1 is 1.10 bits per heavy atom. The van der Waals surface area contributed by atoms with Crippen molar-refractivity contribution in [2.24, 2.45) is 0 Å². The highest BCUT2D eigenvalue weighted by molar-refractivity contribution is 7.98. The van der Waals surface area contributed by atoms with E-state index in [-0.39, 0.29) is 6.10 Å². The van der Waals surface area contributed by atoms with E-state index < -0.39 is 0 Å². The van der Waals surface area contributed by atoms with E-state index in [4.69, 9.17) is 20.9 Å². The molecule has 4 heterocycles. The van der Waals surface area contributed by atoms with Crippen molar-refractivity contribution in [1.82, 2.24) is 24.9 Å². The molecule has 2 aliphatic heterocycles. The smallest absolute Gasteiger partial charge is 0.237 e. The monoisotopic (exact) mass is 446 g/mol. The standard InChI is InChI=1S/C20H23ClN6O2S/c21-15-7-5-14(6-8-15)18-22-17(29-25-18)13-30-20-24-23-19(26-9-1-2-10-26)27(20)12-16-4-3-11-28-16/h5-8,16H,1-4,9-13H2/t16-/m1/s1. The number of thioether (sulfide) groups is 1. The normalized spacial score (nSPS) is 19.1. The lowest BCUT2D eigenvalue weighted by molar-refractivity contribution is 0.0952. The van der Waals surface area contributed by atoms with Crippen LogP contribution in [0.25, 0.3) is 11.4 Å². The lowest BCUT2D eigenvalue weighted by Gasteiger charge is -2.20. The van der Waals surface area contributed by atoms with Crippen molar-refractivity contribution in [2.45, 2.75) is 49.2 Å². The number of rotatable bonds is 7. The molecular weight excluding hydrogens is 424 g/mol. The molecule has 0 saturated carbocycles. The molecule has 10 heteroatoms. The van der Waals surface area contributed by atoms with Crippen LogP contribution in [0.15, 0.2) is 33.9 Å². The van der Waals surface area contributed by atoms with Gasteiger partial charge in [-0.2, -0.15) is 4.98 Å². The van der Waals surface area contributed by atoms with Crippen LogP contribution in [0.4, 0.5) is 5.95 Å². The van der Waals surface area contributed by atoms with Crippen LogP contribution in [-0.4, -0.2) is 50.7 Å². The Morgan fingerprint density at radius 3 is 2.70 bits per heavy atom. The SMILES string of the molecule is Clc1ccc(-c2noc(CSc3nnc(N4CCCC4)n3C[C@H]3CCCO3)n2)cc1. The zero-order chi connectivity index (χ0) is 20.3. The van der Waals surface area contributed by atoms with Crippen LogP contribution in [0.1, 0.15) is 31.6 Å². The molecule has 30 heavy (non-hydrogen) atoms. The number of hydrogen-bond acceptors (Lipinski definition) is 8. The van der Waals surface area contributed by atoms with Gasteiger partial charge < -0.3 is 14.2 Å². The summed E-state index contributed by atoms with van der Waals surface area (Å²) < 4.78 is 13.5. The predicted octanol–water partition coefficient (Wildman–Crippen LogP) is 4.05. The van der Waals surface area contributed by atoms with Crippen molar-refractivity contribution in [1.29, 1.82) is 0 Å². The number of hydrogen-bond donors (Lipinski definition) is 0. The Hall–Kier alpha value is -2.10. The van der Waals surface area contributed by atoms with E-state index >= 15 is 0 Å². The van der Waals surface area contributed by atoms with Crippen molar-refractivity contribution in [2.75, 3.05) is 24.6 Å². The molecule has 2 fully saturated rings. The molecule has 1 atom stereocenters. The molecule has 0 N–H and O–H groups in total. The van der Waals surface area contributed by atoms with Gasteiger partial charge in [0, 0.05) is 30.3 Å². The van der Waals surface area contributed by atoms with Crippen LogP contribution in [0.5, 0.6) is 0 Å². The maximum absolute atomic E-state index is 5.95. The van der Waals surface area contributed by atoms with Crippen LogP contribution >= 0.6 is 23.4 Å². The largest absolute Gasteiger partial charge is 0.376 e. The second kappa shape index (κ2) is 8.95. The van der Waals surface area contributed by atoms with E-state index in [2.05, 4.69) is 29.8 Å². The summed E-state index contributed by atoms with van der Waals surface area (Å²) in [6.45, 7) is 3.68. The minimum atomic E-state index is 0.224. The highest BCUT2D eigenvalue weighted by atomic mass is 35.5. The lowest BCUT2D eigenvalue weighted by Crippen LogP contribution is -2.25. The summed E-state index contributed by atoms with van der Waals surface area (Å²) in [4.78, 5) is 6.83. The molecule has 5 rings (SSSR count). The zero-order valence-electron chi connectivity index (χ0n) is 16.5. The fraction of sp³-hybridized carbons (Fsp3) is 0.500. The van der Waals surface area contributed by atoms with Crippen molar-refractivity contribution in [3.05, 3.63) is 35.2 Å². The third-order valence-corrected chi connectivity index (χ3v) is 6.60. The highest BCUT2D eigenvalue weighted by Crippen LogP contribution is 2.29. The second-order valence-corrected chi connectivity index (χ2v) is 8.91. The number of nitrogens with zero attached hydrogens (tertiary/aromatic N) is 6. The van der Waals surface area contributed by atoms with Crippen LogP contribution in [0.2, 0.25) is 5.02 Å². The molecule has 1 aromatic carbocycles. The quantitative estimate of drug-likeness (QED) is 0.502. The number of halogens is 1. The first-order chi connectivity index (χ1) is 14.8. The Morgan fingerprint density at radius 2 is 1.93 bits per heavy atom. The van der Waals surface area contributed by atoms with Gasteiger partial charge in [0.15, 0.2) is 5.16 Å². The molecule has 0 unspecified atom stereocenters. The van der Waals surface area contributed by atoms with Gasteiger partial charge in [-0.25, -0.2) is 0 Å². The molecule has 0 bridgehead atoms. The summed E-state index contributed by atoms with van der Waals surface area (Å²) in [5.74, 6) is 2.59. The Balaban J connectivity index is 1.31. The number of benzene rings is 1. The third kappa shape index (κ3) is 4.33. The van der Waals surface area contributed by atoms with E-state index in [1.54, 1.807) is 11.8 Å². The molecule has 0 amide bonds. The first-order valence-electron chi connectivity index (χ1n) is 10.3. The molecule has 2 saturated heterocycles. The average molecular weight is 447 g/mol. The molecular formula is C20H23ClN6O2S. The van der Waals surface area contributed by atoms with E-state index in [0.29, 0.717) is 22.5 Å². The molecule has 158 valence electrons. The average Bonchev–Trinajstić information content (AvgIpc) is 3.55. The van der Waals surface area contributed by atoms with Crippen molar-refractivity contribution >= 4 is 29.3 Å². The number of ether oxygens (including phenoxy) is 1. The summed E-state index contributed by atoms with van der Waals surface area (Å²) in [5, 5.41) is 14.6. The van der Waals surface area contributed by atoms with Crippen LogP contribution in [0.3, 0.4) is 0 Å². The fourth-order valence-electron chi connectivity index (χ4n) is 3.85. The van der Waals surface area contributed by atoms with Crippen molar-refractivity contribution < 1.29 is 9.26 Å². The number of aromatic nitrogens is 5. The van der Waals surface area contributed by atoms with Crippen molar-refractivity contribution in [3.63, 3.8) is 0 Å². The van der Waals surface area contributed by atoms with Crippen LogP contribution in [0, 0.1) is 0 Å². The highest BCUT2D eigenvalue weighted by Gasteiger charge is 2.25. The molecule has 3 aromatic rings. The fourth-order valence-corrected chi connectivity index (χ4v) is 4.75. The maximum atomic E-state index is 5.95. The summed E-state index contributed by atoms with van der Waals surface area (Å²) >= 11 is 7.52. The summed E-state index contributed by atoms with van der Waals surface area (Å²) in [7, 11) is 0. The number of anilines is 1. The minimum Gasteiger partial charge on any atom is -0.376 e. The van der Waals surface area contributed by atoms with Gasteiger partial charge in [-0.1, -0.05) is 28.5 Å².